The summed E-state index contributed by atoms with van der Waals surface area (Å²) in [6, 6.07) is 34.4. The fraction of sp³-hybridized carbons (Fsp3) is 0.293. The van der Waals surface area contributed by atoms with Gasteiger partial charge in [-0.1, -0.05) is 136 Å². The molecular formula is C41H47N2O6PSi. The van der Waals surface area contributed by atoms with Crippen LogP contribution in [0.5, 0.6) is 0 Å². The van der Waals surface area contributed by atoms with E-state index in [-0.39, 0.29) is 35.0 Å². The number of benzene rings is 4. The number of nitrogens with two attached hydrogens (primary N) is 1. The highest BCUT2D eigenvalue weighted by molar-refractivity contribution is 7.96. The molecule has 5 rings (SSSR count). The maximum atomic E-state index is 14.7. The van der Waals surface area contributed by atoms with Crippen LogP contribution in [0, 0.1) is 5.92 Å². The van der Waals surface area contributed by atoms with Gasteiger partial charge in [0.1, 0.15) is 5.42 Å². The molecule has 266 valence electrons. The molecule has 1 aliphatic rings. The molecular weight excluding hydrogens is 676 g/mol. The van der Waals surface area contributed by atoms with Crippen LogP contribution in [-0.4, -0.2) is 59.5 Å². The minimum absolute atomic E-state index is 0.0403. The number of rotatable bonds is 13. The van der Waals surface area contributed by atoms with Crippen LogP contribution in [0.1, 0.15) is 50.0 Å². The Hall–Kier alpha value is -4.56. The zero-order chi connectivity index (χ0) is 37.1. The summed E-state index contributed by atoms with van der Waals surface area (Å²) in [4.78, 5) is 55.7. The summed E-state index contributed by atoms with van der Waals surface area (Å²) in [5.74, 6) is -3.08. The zero-order valence-electron chi connectivity index (χ0n) is 30.1. The van der Waals surface area contributed by atoms with E-state index in [0.717, 1.165) is 15.9 Å². The third kappa shape index (κ3) is 7.43. The maximum absolute atomic E-state index is 14.7. The Bertz CT molecular complexity index is 1850. The molecule has 3 atom stereocenters. The van der Waals surface area contributed by atoms with Gasteiger partial charge in [0.15, 0.2) is 14.1 Å². The van der Waals surface area contributed by atoms with E-state index < -0.39 is 45.1 Å². The molecule has 4 aromatic rings. The molecule has 1 fully saturated rings. The molecule has 2 amide bonds. The van der Waals surface area contributed by atoms with Gasteiger partial charge in [0, 0.05) is 18.9 Å². The van der Waals surface area contributed by atoms with E-state index in [1.807, 2.05) is 97.9 Å². The number of carbonyl (C=O) groups excluding carboxylic acids is 3. The molecule has 1 heterocycles. The topological polar surface area (TPSA) is 127 Å². The first kappa shape index (κ1) is 37.7. The highest BCUT2D eigenvalue weighted by Gasteiger charge is 2.57. The number of carbonyl (C=O) groups is 4. The molecule has 51 heavy (non-hydrogen) atoms. The molecule has 0 bridgehead atoms. The Balaban J connectivity index is 1.75. The van der Waals surface area contributed by atoms with Crippen LogP contribution in [0.3, 0.4) is 0 Å². The lowest BCUT2D eigenvalue weighted by molar-refractivity contribution is -0.155. The highest BCUT2D eigenvalue weighted by Crippen LogP contribution is 2.50. The van der Waals surface area contributed by atoms with Gasteiger partial charge in [-0.2, -0.15) is 0 Å². The molecule has 0 radical (unpaired) electrons. The van der Waals surface area contributed by atoms with E-state index in [4.69, 9.17) is 10.2 Å². The first-order valence-electron chi connectivity index (χ1n) is 17.2. The molecule has 0 unspecified atom stereocenters. The Kier molecular flexibility index (Phi) is 11.1. The maximum Gasteiger partial charge on any atom is 0.353 e. The quantitative estimate of drug-likeness (QED) is 0.0786. The van der Waals surface area contributed by atoms with Crippen molar-refractivity contribution in [2.45, 2.75) is 70.8 Å². The fourth-order valence-corrected chi connectivity index (χ4v) is 12.5. The number of likely N-dealkylation sites (tertiary alicyclic amines) is 1. The van der Waals surface area contributed by atoms with E-state index in [2.05, 4.69) is 33.9 Å². The second-order valence-electron chi connectivity index (χ2n) is 14.7. The molecule has 1 saturated heterocycles. The van der Waals surface area contributed by atoms with Gasteiger partial charge in [0.05, 0.1) is 24.5 Å². The Labute approximate surface area is 301 Å². The van der Waals surface area contributed by atoms with Gasteiger partial charge in [-0.05, 0) is 46.5 Å². The summed E-state index contributed by atoms with van der Waals surface area (Å²) in [5, 5.41) is 13.6. The molecule has 1 aliphatic heterocycles. The van der Waals surface area contributed by atoms with Gasteiger partial charge in [-0.25, -0.2) is 4.79 Å². The monoisotopic (exact) mass is 722 g/mol. The van der Waals surface area contributed by atoms with Crippen molar-refractivity contribution in [2.75, 3.05) is 0 Å². The summed E-state index contributed by atoms with van der Waals surface area (Å²) >= 11 is 0. The van der Waals surface area contributed by atoms with Crippen molar-refractivity contribution in [1.29, 1.82) is 0 Å². The predicted molar refractivity (Wildman–Crippen MR) is 208 cm³/mol. The molecule has 0 saturated carbocycles. The second kappa shape index (κ2) is 15.0. The predicted octanol–water partition coefficient (Wildman–Crippen LogP) is 5.73. The third-order valence-electron chi connectivity index (χ3n) is 10.3. The fourth-order valence-electron chi connectivity index (χ4n) is 6.77. The van der Waals surface area contributed by atoms with Crippen molar-refractivity contribution in [2.24, 2.45) is 11.7 Å². The van der Waals surface area contributed by atoms with Crippen LogP contribution < -0.4 is 21.6 Å². The number of hydrogen-bond donors (Lipinski definition) is 2. The van der Waals surface area contributed by atoms with Crippen LogP contribution in [0.4, 0.5) is 0 Å². The molecule has 4 aromatic carbocycles. The smallest absolute Gasteiger partial charge is 0.353 e. The van der Waals surface area contributed by atoms with Crippen LogP contribution in [0.15, 0.2) is 115 Å². The van der Waals surface area contributed by atoms with Gasteiger partial charge >= 0.3 is 5.97 Å². The number of carboxylic acid groups (broad SMARTS) is 1. The average molecular weight is 723 g/mol. The van der Waals surface area contributed by atoms with Crippen LogP contribution in [-0.2, 0) is 25.2 Å². The number of primary amides is 1. The van der Waals surface area contributed by atoms with Crippen LogP contribution in [0.25, 0.3) is 0 Å². The van der Waals surface area contributed by atoms with Crippen molar-refractivity contribution in [3.8, 4) is 0 Å². The van der Waals surface area contributed by atoms with Gasteiger partial charge in [0.25, 0.3) is 0 Å². The lowest BCUT2D eigenvalue weighted by atomic mass is 9.79. The van der Waals surface area contributed by atoms with Crippen molar-refractivity contribution in [3.63, 3.8) is 0 Å². The molecule has 3 N–H and O–H groups in total. The van der Waals surface area contributed by atoms with Crippen LogP contribution in [0.2, 0.25) is 18.1 Å². The molecule has 0 aromatic heterocycles. The normalized spacial score (nSPS) is 17.0. The van der Waals surface area contributed by atoms with E-state index in [1.165, 1.54) is 4.90 Å². The second-order valence-corrected chi connectivity index (χ2v) is 22.7. The first-order valence-corrected chi connectivity index (χ1v) is 21.9. The summed E-state index contributed by atoms with van der Waals surface area (Å²) in [6.07, 6.45) is -0.644. The van der Waals surface area contributed by atoms with Crippen molar-refractivity contribution >= 4 is 60.1 Å². The van der Waals surface area contributed by atoms with Gasteiger partial charge in [0.2, 0.25) is 11.8 Å². The molecule has 0 spiro atoms. The Morgan fingerprint density at radius 2 is 1.27 bits per heavy atom. The summed E-state index contributed by atoms with van der Waals surface area (Å²) < 4.78 is 6.76. The lowest BCUT2D eigenvalue weighted by Crippen LogP contribution is -2.69. The average Bonchev–Trinajstić information content (AvgIpc) is 3.08. The van der Waals surface area contributed by atoms with E-state index in [1.54, 1.807) is 24.3 Å². The third-order valence-corrected chi connectivity index (χ3v) is 19.1. The number of aliphatic carboxylic acids is 1. The number of Topliss-reactive ketones (excluding diaryl/α,β-unsaturated/α-hetero) is 1. The minimum Gasteiger partial charge on any atom is -0.477 e. The molecule has 8 nitrogen and oxygen atoms in total. The number of amides is 2. The lowest BCUT2D eigenvalue weighted by Gasteiger charge is -2.52. The van der Waals surface area contributed by atoms with Gasteiger partial charge in [-0.15, -0.1) is 0 Å². The van der Waals surface area contributed by atoms with E-state index in [9.17, 15) is 24.3 Å². The Morgan fingerprint density at radius 1 is 0.824 bits per heavy atom. The van der Waals surface area contributed by atoms with Crippen molar-refractivity contribution in [1.82, 2.24) is 4.90 Å². The molecule has 10 heteroatoms. The van der Waals surface area contributed by atoms with Crippen molar-refractivity contribution < 1.29 is 28.7 Å². The number of ketones is 1. The van der Waals surface area contributed by atoms with Gasteiger partial charge < -0.3 is 20.2 Å². The number of β-lactam (4-membered cyclic amide) rings is 1. The van der Waals surface area contributed by atoms with Crippen molar-refractivity contribution in [3.05, 3.63) is 126 Å². The Morgan fingerprint density at radius 3 is 1.67 bits per heavy atom. The van der Waals surface area contributed by atoms with Gasteiger partial charge in [-0.3, -0.25) is 14.4 Å². The number of carboxylic acids is 1. The minimum atomic E-state index is -3.24. The summed E-state index contributed by atoms with van der Waals surface area (Å²) in [6.45, 7) is 9.23. The SMILES string of the molecule is C[C@@H](O[Si](C)(C)C(C)(C)C)[C@H]1C(=O)N(C(C(=O)O)=P(c2ccccc2)(c2ccccc2)c2ccccc2)[C@@H]1CC(=O)c1ccc(CC(N)=O)cc1. The molecule has 0 aliphatic carbocycles. The highest BCUT2D eigenvalue weighted by atomic mass is 31.2. The largest absolute Gasteiger partial charge is 0.477 e. The summed E-state index contributed by atoms with van der Waals surface area (Å²) in [5.41, 5.74) is 6.40. The van der Waals surface area contributed by atoms with E-state index >= 15 is 0 Å². The number of nitrogens with zero attached hydrogens (tertiary/aromatic N) is 1. The first-order chi connectivity index (χ1) is 24.1. The zero-order valence-corrected chi connectivity index (χ0v) is 32.0. The number of hydrogen-bond acceptors (Lipinski definition) is 5. The van der Waals surface area contributed by atoms with Crippen LogP contribution >= 0.6 is 6.89 Å². The standard InChI is InChI=1S/C41H47N2O6PSi/c1-28(49-51(5,6)41(2,3)4)37-34(27-35(44)30-24-22-29(23-25-30)26-36(42)45)43(38(37)46)39(40(47)48)50(31-16-10-7-11-17-31,32-18-12-8-13-19-32)33-20-14-9-15-21-33/h7-25,28,34,37H,26-27H2,1-6H3,(H2,42,45)(H,47,48)/t28-,34-,37-/m1/s1. The van der Waals surface area contributed by atoms with E-state index in [0.29, 0.717) is 11.1 Å². The summed E-state index contributed by atoms with van der Waals surface area (Å²) in [7, 11) is -2.37.